The van der Waals surface area contributed by atoms with Gasteiger partial charge >= 0.3 is 17.9 Å². The zero-order valence-corrected chi connectivity index (χ0v) is 8.73. The van der Waals surface area contributed by atoms with E-state index in [-0.39, 0.29) is 24.2 Å². The molecule has 0 aromatic rings. The minimum Gasteiger partial charge on any atom is -0.465 e. The van der Waals surface area contributed by atoms with E-state index < -0.39 is 17.4 Å². The Labute approximate surface area is 92.1 Å². The van der Waals surface area contributed by atoms with Crippen LogP contribution in [0.5, 0.6) is 0 Å². The molecule has 5 nitrogen and oxygen atoms in total. The predicted molar refractivity (Wildman–Crippen MR) is 49.9 cm³/mol. The minimum absolute atomic E-state index is 0.127. The van der Waals surface area contributed by atoms with Crippen molar-refractivity contribution in [2.24, 2.45) is 17.3 Å². The van der Waals surface area contributed by atoms with E-state index in [0.29, 0.717) is 19.4 Å². The lowest BCUT2D eigenvalue weighted by Gasteiger charge is -2.33. The maximum Gasteiger partial charge on any atom is 0.320 e. The van der Waals surface area contributed by atoms with Gasteiger partial charge in [-0.1, -0.05) is 0 Å². The lowest BCUT2D eigenvalue weighted by atomic mass is 9.65. The highest BCUT2D eigenvalue weighted by Crippen LogP contribution is 2.50. The molecule has 3 unspecified atom stereocenters. The Morgan fingerprint density at radius 2 is 2.06 bits per heavy atom. The molecule has 3 atom stereocenters. The van der Waals surface area contributed by atoms with Crippen LogP contribution in [-0.4, -0.2) is 24.5 Å². The summed E-state index contributed by atoms with van der Waals surface area (Å²) >= 11 is 0. The summed E-state index contributed by atoms with van der Waals surface area (Å²) < 4.78 is 9.60. The van der Waals surface area contributed by atoms with E-state index in [2.05, 4.69) is 4.74 Å². The van der Waals surface area contributed by atoms with Gasteiger partial charge in [0.15, 0.2) is 0 Å². The second-order valence-corrected chi connectivity index (χ2v) is 4.96. The maximum absolute atomic E-state index is 11.7. The zero-order chi connectivity index (χ0) is 11.3. The van der Waals surface area contributed by atoms with Gasteiger partial charge in [0.25, 0.3) is 0 Å². The molecule has 1 saturated carbocycles. The summed E-state index contributed by atoms with van der Waals surface area (Å²) in [6.45, 7) is 0.461. The largest absolute Gasteiger partial charge is 0.465 e. The third-order valence-corrected chi connectivity index (χ3v) is 4.04. The molecule has 2 saturated heterocycles. The van der Waals surface area contributed by atoms with Crippen molar-refractivity contribution in [1.82, 2.24) is 0 Å². The molecule has 3 fully saturated rings. The number of hydrogen-bond donors (Lipinski definition) is 0. The molecule has 5 heteroatoms. The summed E-state index contributed by atoms with van der Waals surface area (Å²) in [5, 5.41) is 0. The maximum atomic E-state index is 11.7. The van der Waals surface area contributed by atoms with Gasteiger partial charge in [-0.2, -0.15) is 0 Å². The standard InChI is InChI=1S/C11H12O5/c12-8-4-11(10(14)16-8)2-1-6-5-15-9(13)7(6)3-11/h6-7H,1-5H2. The predicted octanol–water partition coefficient (Wildman–Crippen LogP) is 0.419. The van der Waals surface area contributed by atoms with Crippen molar-refractivity contribution in [3.63, 3.8) is 0 Å². The van der Waals surface area contributed by atoms with Crippen LogP contribution in [0.3, 0.4) is 0 Å². The van der Waals surface area contributed by atoms with Gasteiger partial charge in [-0.25, -0.2) is 0 Å². The quantitative estimate of drug-likeness (QED) is 0.440. The molecule has 0 N–H and O–H groups in total. The number of fused-ring (bicyclic) bond motifs is 1. The van der Waals surface area contributed by atoms with Gasteiger partial charge in [0.05, 0.1) is 24.4 Å². The van der Waals surface area contributed by atoms with E-state index >= 15 is 0 Å². The molecule has 3 rings (SSSR count). The van der Waals surface area contributed by atoms with Gasteiger partial charge < -0.3 is 9.47 Å². The molecule has 0 amide bonds. The number of ether oxygens (including phenoxy) is 2. The summed E-state index contributed by atoms with van der Waals surface area (Å²) in [5.74, 6) is -1.13. The van der Waals surface area contributed by atoms with Gasteiger partial charge in [-0.3, -0.25) is 14.4 Å². The fourth-order valence-electron chi connectivity index (χ4n) is 3.07. The summed E-state index contributed by atoms with van der Waals surface area (Å²) in [5.41, 5.74) is -0.735. The summed E-state index contributed by atoms with van der Waals surface area (Å²) in [6, 6.07) is 0. The number of esters is 3. The van der Waals surface area contributed by atoms with Crippen molar-refractivity contribution in [3.8, 4) is 0 Å². The Morgan fingerprint density at radius 3 is 2.75 bits per heavy atom. The molecule has 2 aliphatic heterocycles. The monoisotopic (exact) mass is 224 g/mol. The molecule has 0 aromatic carbocycles. The summed E-state index contributed by atoms with van der Waals surface area (Å²) in [6.07, 6.45) is 1.94. The number of hydrogen-bond acceptors (Lipinski definition) is 5. The molecule has 16 heavy (non-hydrogen) atoms. The third-order valence-electron chi connectivity index (χ3n) is 4.04. The molecule has 2 heterocycles. The first-order chi connectivity index (χ1) is 7.61. The second kappa shape index (κ2) is 3.06. The Balaban J connectivity index is 1.87. The molecule has 1 aliphatic carbocycles. The van der Waals surface area contributed by atoms with Crippen LogP contribution in [0.1, 0.15) is 25.7 Å². The van der Waals surface area contributed by atoms with E-state index in [9.17, 15) is 14.4 Å². The van der Waals surface area contributed by atoms with Crippen LogP contribution in [-0.2, 0) is 23.9 Å². The SMILES string of the molecule is O=C1CC2(CCC3COC(=O)C3C2)C(=O)O1. The lowest BCUT2D eigenvalue weighted by Crippen LogP contribution is -2.37. The van der Waals surface area contributed by atoms with Crippen molar-refractivity contribution < 1.29 is 23.9 Å². The van der Waals surface area contributed by atoms with E-state index in [0.717, 1.165) is 6.42 Å². The topological polar surface area (TPSA) is 69.7 Å². The smallest absolute Gasteiger partial charge is 0.320 e. The Kier molecular flexibility index (Phi) is 1.87. The molecule has 0 bridgehead atoms. The van der Waals surface area contributed by atoms with Crippen molar-refractivity contribution >= 4 is 17.9 Å². The molecule has 0 radical (unpaired) electrons. The number of rotatable bonds is 0. The first kappa shape index (κ1) is 9.81. The van der Waals surface area contributed by atoms with Crippen LogP contribution in [0.25, 0.3) is 0 Å². The number of cyclic esters (lactones) is 3. The van der Waals surface area contributed by atoms with Crippen molar-refractivity contribution in [2.75, 3.05) is 6.61 Å². The molecule has 1 spiro atoms. The third kappa shape index (κ3) is 1.20. The van der Waals surface area contributed by atoms with Gasteiger partial charge in [-0.15, -0.1) is 0 Å². The van der Waals surface area contributed by atoms with Gasteiger partial charge in [0.1, 0.15) is 0 Å². The molecule has 3 aliphatic rings. The second-order valence-electron chi connectivity index (χ2n) is 4.96. The van der Waals surface area contributed by atoms with E-state index in [1.807, 2.05) is 0 Å². The van der Waals surface area contributed by atoms with Crippen LogP contribution in [0.2, 0.25) is 0 Å². The van der Waals surface area contributed by atoms with Crippen LogP contribution in [0.4, 0.5) is 0 Å². The van der Waals surface area contributed by atoms with E-state index in [4.69, 9.17) is 4.74 Å². The average Bonchev–Trinajstić information content (AvgIpc) is 2.71. The molecular weight excluding hydrogens is 212 g/mol. The van der Waals surface area contributed by atoms with Crippen LogP contribution in [0, 0.1) is 17.3 Å². The van der Waals surface area contributed by atoms with E-state index in [1.54, 1.807) is 0 Å². The van der Waals surface area contributed by atoms with Crippen LogP contribution < -0.4 is 0 Å². The lowest BCUT2D eigenvalue weighted by molar-refractivity contribution is -0.156. The van der Waals surface area contributed by atoms with Crippen molar-refractivity contribution in [3.05, 3.63) is 0 Å². The Bertz CT molecular complexity index is 388. The number of carbonyl (C=O) groups excluding carboxylic acids is 3. The van der Waals surface area contributed by atoms with E-state index in [1.165, 1.54) is 0 Å². The number of carbonyl (C=O) groups is 3. The molecule has 86 valence electrons. The summed E-state index contributed by atoms with van der Waals surface area (Å²) in [7, 11) is 0. The van der Waals surface area contributed by atoms with Crippen LogP contribution in [0.15, 0.2) is 0 Å². The van der Waals surface area contributed by atoms with Crippen LogP contribution >= 0.6 is 0 Å². The minimum atomic E-state index is -0.735. The zero-order valence-electron chi connectivity index (χ0n) is 8.73. The Hall–Kier alpha value is -1.39. The first-order valence-corrected chi connectivity index (χ1v) is 5.52. The van der Waals surface area contributed by atoms with Crippen molar-refractivity contribution in [1.29, 1.82) is 0 Å². The Morgan fingerprint density at radius 1 is 1.25 bits per heavy atom. The highest BCUT2D eigenvalue weighted by atomic mass is 16.6. The normalized spacial score (nSPS) is 42.1. The van der Waals surface area contributed by atoms with Gasteiger partial charge in [0, 0.05) is 5.92 Å². The molecular formula is C11H12O5. The first-order valence-electron chi connectivity index (χ1n) is 5.52. The fourth-order valence-corrected chi connectivity index (χ4v) is 3.07. The van der Waals surface area contributed by atoms with Crippen molar-refractivity contribution in [2.45, 2.75) is 25.7 Å². The highest BCUT2D eigenvalue weighted by molar-refractivity contribution is 5.97. The van der Waals surface area contributed by atoms with Gasteiger partial charge in [-0.05, 0) is 19.3 Å². The fraction of sp³-hybridized carbons (Fsp3) is 0.727. The molecule has 0 aromatic heterocycles. The highest BCUT2D eigenvalue weighted by Gasteiger charge is 2.56. The summed E-state index contributed by atoms with van der Waals surface area (Å²) in [4.78, 5) is 34.3. The average molecular weight is 224 g/mol. The van der Waals surface area contributed by atoms with Gasteiger partial charge in [0.2, 0.25) is 0 Å².